The topological polar surface area (TPSA) is 63.7 Å². The van der Waals surface area contributed by atoms with Crippen LogP contribution in [0.4, 0.5) is 0 Å². The van der Waals surface area contributed by atoms with Gasteiger partial charge in [-0.05, 0) is 36.2 Å². The molecule has 6 heteroatoms. The van der Waals surface area contributed by atoms with Crippen molar-refractivity contribution >= 4 is 5.91 Å². The Bertz CT molecular complexity index is 734. The van der Waals surface area contributed by atoms with Crippen LogP contribution >= 0.6 is 0 Å². The number of aromatic nitrogens is 1. The number of benzene rings is 1. The fraction of sp³-hybridized carbons (Fsp3) is 0.455. The molecule has 1 atom stereocenters. The SMILES string of the molecule is CC(C)CN1CCO[C@H](CNC(=O)c2ccc(OCc3cccnc3)cc2)C1. The Kier molecular flexibility index (Phi) is 7.39. The minimum atomic E-state index is -0.0941. The second-order valence-electron chi connectivity index (χ2n) is 7.53. The Morgan fingerprint density at radius 3 is 2.86 bits per heavy atom. The van der Waals surface area contributed by atoms with E-state index in [1.54, 1.807) is 24.5 Å². The fourth-order valence-corrected chi connectivity index (χ4v) is 3.25. The molecule has 0 aliphatic carbocycles. The van der Waals surface area contributed by atoms with Gasteiger partial charge in [-0.2, -0.15) is 0 Å². The second-order valence-corrected chi connectivity index (χ2v) is 7.53. The number of amides is 1. The lowest BCUT2D eigenvalue weighted by Crippen LogP contribution is -2.48. The van der Waals surface area contributed by atoms with Gasteiger partial charge in [0.25, 0.3) is 5.91 Å². The van der Waals surface area contributed by atoms with E-state index >= 15 is 0 Å². The van der Waals surface area contributed by atoms with Crippen LogP contribution in [-0.4, -0.2) is 54.7 Å². The summed E-state index contributed by atoms with van der Waals surface area (Å²) in [7, 11) is 0. The van der Waals surface area contributed by atoms with E-state index in [9.17, 15) is 4.79 Å². The molecule has 3 rings (SSSR count). The number of nitrogens with one attached hydrogen (secondary N) is 1. The molecule has 1 fully saturated rings. The standard InChI is InChI=1S/C22H29N3O3/c1-17(2)14-25-10-11-27-21(15-25)13-24-22(26)19-5-7-20(8-6-19)28-16-18-4-3-9-23-12-18/h3-9,12,17,21H,10-11,13-16H2,1-2H3,(H,24,26)/t21-/m1/s1. The van der Waals surface area contributed by atoms with Crippen LogP contribution in [0.5, 0.6) is 5.75 Å². The van der Waals surface area contributed by atoms with Crippen LogP contribution < -0.4 is 10.1 Å². The molecular formula is C22H29N3O3. The summed E-state index contributed by atoms with van der Waals surface area (Å²) in [5.74, 6) is 1.26. The average Bonchev–Trinajstić information content (AvgIpc) is 2.71. The lowest BCUT2D eigenvalue weighted by Gasteiger charge is -2.33. The van der Waals surface area contributed by atoms with Gasteiger partial charge < -0.3 is 14.8 Å². The summed E-state index contributed by atoms with van der Waals surface area (Å²) in [5.41, 5.74) is 1.62. The normalized spacial score (nSPS) is 17.5. The molecule has 1 saturated heterocycles. The Morgan fingerprint density at radius 2 is 2.14 bits per heavy atom. The van der Waals surface area contributed by atoms with Crippen molar-refractivity contribution in [2.24, 2.45) is 5.92 Å². The van der Waals surface area contributed by atoms with Gasteiger partial charge >= 0.3 is 0 Å². The number of nitrogens with zero attached hydrogens (tertiary/aromatic N) is 2. The van der Waals surface area contributed by atoms with E-state index in [0.29, 0.717) is 24.6 Å². The Morgan fingerprint density at radius 1 is 1.32 bits per heavy atom. The average molecular weight is 383 g/mol. The van der Waals surface area contributed by atoms with Crippen LogP contribution in [0.1, 0.15) is 29.8 Å². The zero-order valence-electron chi connectivity index (χ0n) is 16.6. The highest BCUT2D eigenvalue weighted by atomic mass is 16.5. The van der Waals surface area contributed by atoms with E-state index in [1.165, 1.54) is 0 Å². The van der Waals surface area contributed by atoms with Gasteiger partial charge in [-0.3, -0.25) is 14.7 Å². The zero-order valence-corrected chi connectivity index (χ0v) is 16.6. The van der Waals surface area contributed by atoms with Crippen LogP contribution in [0.2, 0.25) is 0 Å². The van der Waals surface area contributed by atoms with Crippen LogP contribution in [0.15, 0.2) is 48.8 Å². The molecule has 1 aromatic carbocycles. The Balaban J connectivity index is 1.44. The van der Waals surface area contributed by atoms with Gasteiger partial charge in [-0.25, -0.2) is 0 Å². The molecule has 0 saturated carbocycles. The van der Waals surface area contributed by atoms with Gasteiger partial charge in [0.1, 0.15) is 12.4 Å². The number of ether oxygens (including phenoxy) is 2. The van der Waals surface area contributed by atoms with Gasteiger partial charge in [0.15, 0.2) is 0 Å². The molecule has 0 unspecified atom stereocenters. The van der Waals surface area contributed by atoms with Crippen molar-refractivity contribution < 1.29 is 14.3 Å². The largest absolute Gasteiger partial charge is 0.489 e. The summed E-state index contributed by atoms with van der Waals surface area (Å²) in [6.45, 7) is 9.01. The van der Waals surface area contributed by atoms with E-state index in [1.807, 2.05) is 24.3 Å². The molecule has 2 aromatic rings. The fourth-order valence-electron chi connectivity index (χ4n) is 3.25. The van der Waals surface area contributed by atoms with Crippen molar-refractivity contribution in [2.45, 2.75) is 26.6 Å². The first kappa shape index (κ1) is 20.3. The quantitative estimate of drug-likeness (QED) is 0.759. The van der Waals surface area contributed by atoms with Crippen LogP contribution in [0.25, 0.3) is 0 Å². The molecule has 1 aliphatic heterocycles. The molecule has 0 bridgehead atoms. The van der Waals surface area contributed by atoms with Gasteiger partial charge in [-0.15, -0.1) is 0 Å². The van der Waals surface area contributed by atoms with Crippen molar-refractivity contribution in [3.63, 3.8) is 0 Å². The van der Waals surface area contributed by atoms with Crippen LogP contribution in [-0.2, 0) is 11.3 Å². The van der Waals surface area contributed by atoms with Crippen molar-refractivity contribution in [3.8, 4) is 5.75 Å². The molecule has 0 radical (unpaired) electrons. The minimum Gasteiger partial charge on any atom is -0.489 e. The smallest absolute Gasteiger partial charge is 0.251 e. The summed E-state index contributed by atoms with van der Waals surface area (Å²) >= 11 is 0. The van der Waals surface area contributed by atoms with E-state index in [4.69, 9.17) is 9.47 Å². The van der Waals surface area contributed by atoms with Gasteiger partial charge in [0, 0.05) is 49.7 Å². The van der Waals surface area contributed by atoms with E-state index in [0.717, 1.165) is 37.6 Å². The highest BCUT2D eigenvalue weighted by Crippen LogP contribution is 2.14. The molecule has 150 valence electrons. The monoisotopic (exact) mass is 383 g/mol. The molecule has 1 aromatic heterocycles. The van der Waals surface area contributed by atoms with Crippen LogP contribution in [0.3, 0.4) is 0 Å². The zero-order chi connectivity index (χ0) is 19.8. The first-order valence-electron chi connectivity index (χ1n) is 9.84. The summed E-state index contributed by atoms with van der Waals surface area (Å²) in [5, 5.41) is 2.98. The summed E-state index contributed by atoms with van der Waals surface area (Å²) in [4.78, 5) is 18.9. The maximum absolute atomic E-state index is 12.4. The number of morpholine rings is 1. The first-order chi connectivity index (χ1) is 13.6. The lowest BCUT2D eigenvalue weighted by molar-refractivity contribution is -0.0295. The molecule has 2 heterocycles. The van der Waals surface area contributed by atoms with Crippen molar-refractivity contribution in [2.75, 3.05) is 32.8 Å². The predicted octanol–water partition coefficient (Wildman–Crippen LogP) is 2.75. The number of carbonyl (C=O) groups is 1. The minimum absolute atomic E-state index is 0.0403. The van der Waals surface area contributed by atoms with Crippen molar-refractivity contribution in [1.29, 1.82) is 0 Å². The first-order valence-corrected chi connectivity index (χ1v) is 9.84. The third kappa shape index (κ3) is 6.32. The number of hydrogen-bond acceptors (Lipinski definition) is 5. The lowest BCUT2D eigenvalue weighted by atomic mass is 10.1. The number of rotatable bonds is 8. The third-order valence-electron chi connectivity index (χ3n) is 4.58. The highest BCUT2D eigenvalue weighted by molar-refractivity contribution is 5.94. The summed E-state index contributed by atoms with van der Waals surface area (Å²) in [6.07, 6.45) is 3.55. The molecule has 1 aliphatic rings. The van der Waals surface area contributed by atoms with Gasteiger partial charge in [0.2, 0.25) is 0 Å². The van der Waals surface area contributed by atoms with Crippen molar-refractivity contribution in [3.05, 3.63) is 59.9 Å². The molecule has 1 N–H and O–H groups in total. The molecular weight excluding hydrogens is 354 g/mol. The molecule has 0 spiro atoms. The Hall–Kier alpha value is -2.44. The van der Waals surface area contributed by atoms with Gasteiger partial charge in [-0.1, -0.05) is 19.9 Å². The van der Waals surface area contributed by atoms with E-state index < -0.39 is 0 Å². The van der Waals surface area contributed by atoms with Crippen LogP contribution in [0, 0.1) is 5.92 Å². The number of pyridine rings is 1. The molecule has 6 nitrogen and oxygen atoms in total. The molecule has 1 amide bonds. The highest BCUT2D eigenvalue weighted by Gasteiger charge is 2.21. The van der Waals surface area contributed by atoms with Gasteiger partial charge in [0.05, 0.1) is 12.7 Å². The summed E-state index contributed by atoms with van der Waals surface area (Å²) < 4.78 is 11.5. The predicted molar refractivity (Wildman–Crippen MR) is 108 cm³/mol. The maximum Gasteiger partial charge on any atom is 0.251 e. The summed E-state index contributed by atoms with van der Waals surface area (Å²) in [6, 6.07) is 11.0. The molecule has 28 heavy (non-hydrogen) atoms. The Labute approximate surface area is 166 Å². The second kappa shape index (κ2) is 10.2. The number of hydrogen-bond donors (Lipinski definition) is 1. The number of carbonyl (C=O) groups excluding carboxylic acids is 1. The maximum atomic E-state index is 12.4. The van der Waals surface area contributed by atoms with E-state index in [2.05, 4.69) is 29.0 Å². The third-order valence-corrected chi connectivity index (χ3v) is 4.58. The van der Waals surface area contributed by atoms with Crippen molar-refractivity contribution in [1.82, 2.24) is 15.2 Å². The van der Waals surface area contributed by atoms with E-state index in [-0.39, 0.29) is 12.0 Å².